The fourth-order valence-electron chi connectivity index (χ4n) is 3.25. The first kappa shape index (κ1) is 20.8. The lowest BCUT2D eigenvalue weighted by Crippen LogP contribution is -2.39. The van der Waals surface area contributed by atoms with Crippen LogP contribution in [0.3, 0.4) is 0 Å². The zero-order chi connectivity index (χ0) is 20.4. The highest BCUT2D eigenvalue weighted by Gasteiger charge is 2.26. The number of rotatable bonds is 7. The van der Waals surface area contributed by atoms with E-state index in [4.69, 9.17) is 16.6 Å². The summed E-state index contributed by atoms with van der Waals surface area (Å²) >= 11 is 7.86. The Hall–Kier alpha value is -1.96. The van der Waals surface area contributed by atoms with Crippen LogP contribution >= 0.6 is 22.9 Å². The number of aryl methyl sites for hydroxylation is 3. The number of benzene rings is 1. The Morgan fingerprint density at radius 3 is 2.46 bits per heavy atom. The molecule has 2 aromatic heterocycles. The maximum Gasteiger partial charge on any atom is 0.278 e. The van der Waals surface area contributed by atoms with Crippen molar-refractivity contribution in [1.82, 2.24) is 19.7 Å². The number of fused-ring (bicyclic) bond motifs is 1. The first-order valence-corrected chi connectivity index (χ1v) is 10.6. The molecule has 0 radical (unpaired) electrons. The number of hydrogen-bond acceptors (Lipinski definition) is 5. The Kier molecular flexibility index (Phi) is 6.37. The van der Waals surface area contributed by atoms with Gasteiger partial charge in [0.05, 0.1) is 21.4 Å². The van der Waals surface area contributed by atoms with Gasteiger partial charge in [-0.05, 0) is 44.1 Å². The van der Waals surface area contributed by atoms with Crippen molar-refractivity contribution in [3.63, 3.8) is 0 Å². The molecule has 0 spiro atoms. The number of carbonyl (C=O) groups excluding carboxylic acids is 1. The minimum atomic E-state index is -0.0857. The highest BCUT2D eigenvalue weighted by molar-refractivity contribution is 7.23. The summed E-state index contributed by atoms with van der Waals surface area (Å²) in [5, 5.41) is 5.57. The lowest BCUT2D eigenvalue weighted by molar-refractivity contribution is 0.0974. The van der Waals surface area contributed by atoms with Gasteiger partial charge in [-0.1, -0.05) is 42.9 Å². The van der Waals surface area contributed by atoms with Gasteiger partial charge in [0, 0.05) is 20.1 Å². The molecule has 0 saturated heterocycles. The van der Waals surface area contributed by atoms with E-state index < -0.39 is 0 Å². The minimum Gasteiger partial charge on any atom is -0.302 e. The molecule has 3 rings (SSSR count). The van der Waals surface area contributed by atoms with Gasteiger partial charge in [0.15, 0.2) is 5.13 Å². The molecule has 0 fully saturated rings. The van der Waals surface area contributed by atoms with E-state index in [1.807, 2.05) is 26.0 Å². The second-order valence-corrected chi connectivity index (χ2v) is 8.21. The van der Waals surface area contributed by atoms with Crippen LogP contribution in [0.4, 0.5) is 5.13 Å². The van der Waals surface area contributed by atoms with E-state index in [1.165, 1.54) is 11.3 Å². The number of anilines is 1. The van der Waals surface area contributed by atoms with E-state index in [1.54, 1.807) is 22.8 Å². The van der Waals surface area contributed by atoms with Crippen molar-refractivity contribution in [3.8, 4) is 0 Å². The SMILES string of the molecule is CCN(CC)CCN(C(=O)c1c(C)cnn1C)c1nc2c(C)ccc(Cl)c2s1. The molecule has 0 aliphatic rings. The second kappa shape index (κ2) is 8.59. The molecule has 0 N–H and O–H groups in total. The van der Waals surface area contributed by atoms with Crippen molar-refractivity contribution >= 4 is 44.2 Å². The standard InChI is InChI=1S/C20H26ClN5OS/c1-6-25(7-2)10-11-26(19(27)17-14(4)12-22-24(17)5)20-23-16-13(3)8-9-15(21)18(16)28-20/h8-9,12H,6-7,10-11H2,1-5H3. The molecule has 150 valence electrons. The average Bonchev–Trinajstić information content (AvgIpc) is 3.26. The Morgan fingerprint density at radius 2 is 1.89 bits per heavy atom. The molecular formula is C20H26ClN5OS. The van der Waals surface area contributed by atoms with Crippen LogP contribution in [0.15, 0.2) is 18.3 Å². The van der Waals surface area contributed by atoms with Crippen molar-refractivity contribution < 1.29 is 4.79 Å². The molecule has 1 amide bonds. The minimum absolute atomic E-state index is 0.0857. The van der Waals surface area contributed by atoms with Gasteiger partial charge in [-0.2, -0.15) is 5.10 Å². The van der Waals surface area contributed by atoms with Crippen LogP contribution in [0.25, 0.3) is 10.2 Å². The quantitative estimate of drug-likeness (QED) is 0.573. The Bertz CT molecular complexity index is 934. The highest BCUT2D eigenvalue weighted by Crippen LogP contribution is 2.36. The number of likely N-dealkylation sites (N-methyl/N-ethyl adjacent to an activating group) is 1. The number of amides is 1. The van der Waals surface area contributed by atoms with Crippen molar-refractivity contribution in [2.24, 2.45) is 7.05 Å². The third kappa shape index (κ3) is 3.92. The van der Waals surface area contributed by atoms with E-state index >= 15 is 0 Å². The normalized spacial score (nSPS) is 11.5. The first-order chi connectivity index (χ1) is 13.4. The Morgan fingerprint density at radius 1 is 1.18 bits per heavy atom. The second-order valence-electron chi connectivity index (χ2n) is 6.82. The molecule has 0 atom stereocenters. The smallest absolute Gasteiger partial charge is 0.278 e. The Labute approximate surface area is 174 Å². The van der Waals surface area contributed by atoms with E-state index in [2.05, 4.69) is 23.8 Å². The molecule has 0 aliphatic heterocycles. The monoisotopic (exact) mass is 419 g/mol. The van der Waals surface area contributed by atoms with Gasteiger partial charge in [-0.15, -0.1) is 0 Å². The van der Waals surface area contributed by atoms with Gasteiger partial charge < -0.3 is 4.90 Å². The fourth-order valence-corrected chi connectivity index (χ4v) is 4.59. The number of nitrogens with zero attached hydrogens (tertiary/aromatic N) is 5. The highest BCUT2D eigenvalue weighted by atomic mass is 35.5. The van der Waals surface area contributed by atoms with Crippen LogP contribution < -0.4 is 4.90 Å². The average molecular weight is 420 g/mol. The topological polar surface area (TPSA) is 54.3 Å². The van der Waals surface area contributed by atoms with E-state index in [0.29, 0.717) is 22.4 Å². The van der Waals surface area contributed by atoms with Gasteiger partial charge in [-0.3, -0.25) is 14.4 Å². The van der Waals surface area contributed by atoms with Crippen LogP contribution in [-0.2, 0) is 7.05 Å². The largest absolute Gasteiger partial charge is 0.302 e. The number of aromatic nitrogens is 3. The molecule has 28 heavy (non-hydrogen) atoms. The van der Waals surface area contributed by atoms with Crippen LogP contribution in [0.5, 0.6) is 0 Å². The summed E-state index contributed by atoms with van der Waals surface area (Å²) in [6.45, 7) is 11.4. The molecule has 0 saturated carbocycles. The van der Waals surface area contributed by atoms with Gasteiger partial charge >= 0.3 is 0 Å². The van der Waals surface area contributed by atoms with Crippen molar-refractivity contribution in [1.29, 1.82) is 0 Å². The summed E-state index contributed by atoms with van der Waals surface area (Å²) in [4.78, 5) is 22.3. The molecular weight excluding hydrogens is 394 g/mol. The van der Waals surface area contributed by atoms with Crippen LogP contribution in [0.2, 0.25) is 5.02 Å². The summed E-state index contributed by atoms with van der Waals surface area (Å²) in [7, 11) is 1.79. The van der Waals surface area contributed by atoms with E-state index in [0.717, 1.165) is 41.0 Å². The van der Waals surface area contributed by atoms with Crippen molar-refractivity contribution in [2.45, 2.75) is 27.7 Å². The zero-order valence-corrected chi connectivity index (χ0v) is 18.6. The van der Waals surface area contributed by atoms with Crippen LogP contribution in [0, 0.1) is 13.8 Å². The maximum atomic E-state index is 13.5. The van der Waals surface area contributed by atoms with Gasteiger partial charge in [0.2, 0.25) is 0 Å². The van der Waals surface area contributed by atoms with Gasteiger partial charge in [-0.25, -0.2) is 4.98 Å². The number of halogens is 1. The predicted molar refractivity (Wildman–Crippen MR) is 117 cm³/mol. The van der Waals surface area contributed by atoms with Crippen molar-refractivity contribution in [3.05, 3.63) is 40.2 Å². The molecule has 2 heterocycles. The summed E-state index contributed by atoms with van der Waals surface area (Å²) in [6.07, 6.45) is 1.72. The maximum absolute atomic E-state index is 13.5. The van der Waals surface area contributed by atoms with Crippen LogP contribution in [0.1, 0.15) is 35.5 Å². The summed E-state index contributed by atoms with van der Waals surface area (Å²) in [5.41, 5.74) is 3.35. The molecule has 0 bridgehead atoms. The molecule has 0 unspecified atom stereocenters. The number of hydrogen-bond donors (Lipinski definition) is 0. The molecule has 6 nitrogen and oxygen atoms in total. The third-order valence-corrected chi connectivity index (χ3v) is 6.56. The molecule has 3 aromatic rings. The fraction of sp³-hybridized carbons (Fsp3) is 0.450. The summed E-state index contributed by atoms with van der Waals surface area (Å²) < 4.78 is 2.55. The van der Waals surface area contributed by atoms with Crippen LogP contribution in [-0.4, -0.2) is 51.8 Å². The molecule has 8 heteroatoms. The van der Waals surface area contributed by atoms with Gasteiger partial charge in [0.25, 0.3) is 5.91 Å². The molecule has 1 aromatic carbocycles. The van der Waals surface area contributed by atoms with Crippen molar-refractivity contribution in [2.75, 3.05) is 31.1 Å². The number of carbonyl (C=O) groups is 1. The predicted octanol–water partition coefficient (Wildman–Crippen LogP) is 4.29. The lowest BCUT2D eigenvalue weighted by atomic mass is 10.2. The molecule has 0 aliphatic carbocycles. The van der Waals surface area contributed by atoms with E-state index in [-0.39, 0.29) is 5.91 Å². The van der Waals surface area contributed by atoms with Gasteiger partial charge in [0.1, 0.15) is 5.69 Å². The summed E-state index contributed by atoms with van der Waals surface area (Å²) in [5.74, 6) is -0.0857. The Balaban J connectivity index is 2.04. The number of thiazole rings is 1. The zero-order valence-electron chi connectivity index (χ0n) is 17.0. The third-order valence-electron chi connectivity index (χ3n) is 5.02. The first-order valence-electron chi connectivity index (χ1n) is 9.45. The van der Waals surface area contributed by atoms with E-state index in [9.17, 15) is 4.79 Å². The lowest BCUT2D eigenvalue weighted by Gasteiger charge is -2.25. The summed E-state index contributed by atoms with van der Waals surface area (Å²) in [6, 6.07) is 3.84.